The van der Waals surface area contributed by atoms with E-state index in [0.717, 1.165) is 62.9 Å². The maximum atomic E-state index is 13.1. The molecule has 2 aromatic heterocycles. The summed E-state index contributed by atoms with van der Waals surface area (Å²) in [5.41, 5.74) is 1.53. The number of carbonyl (C=O) groups excluding carboxylic acids is 1. The second kappa shape index (κ2) is 7.55. The predicted molar refractivity (Wildman–Crippen MR) is 111 cm³/mol. The monoisotopic (exact) mass is 399 g/mol. The van der Waals surface area contributed by atoms with Crippen LogP contribution in [0.5, 0.6) is 0 Å². The molecule has 1 fully saturated rings. The summed E-state index contributed by atoms with van der Waals surface area (Å²) in [5, 5.41) is 16.8. The summed E-state index contributed by atoms with van der Waals surface area (Å²) in [6.07, 6.45) is 1.85. The highest BCUT2D eigenvalue weighted by atomic mass is 16.2. The van der Waals surface area contributed by atoms with Crippen molar-refractivity contribution in [2.75, 3.05) is 19.6 Å². The molecule has 0 aliphatic carbocycles. The largest absolute Gasteiger partial charge is 0.337 e. The van der Waals surface area contributed by atoms with Crippen LogP contribution in [-0.4, -0.2) is 55.0 Å². The van der Waals surface area contributed by atoms with Crippen molar-refractivity contribution in [3.8, 4) is 0 Å². The number of piperidine rings is 1. The van der Waals surface area contributed by atoms with Crippen LogP contribution in [0.2, 0.25) is 0 Å². The Morgan fingerprint density at radius 3 is 2.52 bits per heavy atom. The van der Waals surface area contributed by atoms with Crippen molar-refractivity contribution in [3.05, 3.63) is 29.1 Å². The Morgan fingerprint density at radius 1 is 1.17 bits per heavy atom. The van der Waals surface area contributed by atoms with Crippen LogP contribution < -0.4 is 5.32 Å². The van der Waals surface area contributed by atoms with Crippen LogP contribution in [-0.2, 0) is 18.6 Å². The molecule has 0 unspecified atom stereocenters. The van der Waals surface area contributed by atoms with Gasteiger partial charge in [-0.2, -0.15) is 5.10 Å². The van der Waals surface area contributed by atoms with Crippen LogP contribution in [0.3, 0.4) is 0 Å². The average molecular weight is 400 g/mol. The van der Waals surface area contributed by atoms with Crippen molar-refractivity contribution in [1.29, 1.82) is 0 Å². The Balaban J connectivity index is 1.46. The zero-order valence-corrected chi connectivity index (χ0v) is 18.3. The average Bonchev–Trinajstić information content (AvgIpc) is 3.32. The number of fused-ring (bicyclic) bond motifs is 1. The van der Waals surface area contributed by atoms with Crippen molar-refractivity contribution in [1.82, 2.24) is 34.8 Å². The fourth-order valence-electron chi connectivity index (χ4n) is 4.37. The number of hydrogen-bond acceptors (Lipinski definition) is 5. The highest BCUT2D eigenvalue weighted by Crippen LogP contribution is 2.29. The number of hydrogen-bond donors (Lipinski definition) is 1. The smallest absolute Gasteiger partial charge is 0.274 e. The molecule has 158 valence electrons. The van der Waals surface area contributed by atoms with E-state index in [9.17, 15) is 4.79 Å². The van der Waals surface area contributed by atoms with Crippen molar-refractivity contribution in [3.63, 3.8) is 0 Å². The molecule has 0 bridgehead atoms. The van der Waals surface area contributed by atoms with E-state index < -0.39 is 0 Å². The third-order valence-corrected chi connectivity index (χ3v) is 5.98. The van der Waals surface area contributed by atoms with E-state index in [1.165, 1.54) is 0 Å². The zero-order valence-electron chi connectivity index (χ0n) is 18.3. The molecule has 0 atom stereocenters. The van der Waals surface area contributed by atoms with E-state index in [1.807, 2.05) is 15.6 Å². The topological polar surface area (TPSA) is 80.9 Å². The number of aromatic nitrogens is 5. The molecule has 4 heterocycles. The van der Waals surface area contributed by atoms with Crippen LogP contribution in [0.15, 0.2) is 6.07 Å². The van der Waals surface area contributed by atoms with Gasteiger partial charge in [-0.05, 0) is 45.6 Å². The molecule has 0 spiro atoms. The van der Waals surface area contributed by atoms with E-state index in [-0.39, 0.29) is 11.4 Å². The number of carbonyl (C=O) groups is 1. The Morgan fingerprint density at radius 2 is 1.90 bits per heavy atom. The molecule has 2 aromatic rings. The van der Waals surface area contributed by atoms with Crippen molar-refractivity contribution in [2.45, 2.75) is 77.9 Å². The van der Waals surface area contributed by atoms with E-state index in [4.69, 9.17) is 5.10 Å². The fourth-order valence-corrected chi connectivity index (χ4v) is 4.37. The first kappa shape index (κ1) is 20.1. The molecule has 1 amide bonds. The van der Waals surface area contributed by atoms with Gasteiger partial charge in [0.2, 0.25) is 0 Å². The molecule has 0 saturated carbocycles. The zero-order chi connectivity index (χ0) is 20.8. The number of rotatable bonds is 3. The van der Waals surface area contributed by atoms with Crippen LogP contribution in [0.1, 0.15) is 87.1 Å². The summed E-state index contributed by atoms with van der Waals surface area (Å²) in [6.45, 7) is 14.8. The number of likely N-dealkylation sites (tertiary alicyclic amines) is 1. The molecule has 1 N–H and O–H groups in total. The molecular weight excluding hydrogens is 366 g/mol. The molecule has 0 radical (unpaired) electrons. The van der Waals surface area contributed by atoms with Crippen molar-refractivity contribution in [2.24, 2.45) is 0 Å². The van der Waals surface area contributed by atoms with Gasteiger partial charge < -0.3 is 14.8 Å². The number of nitrogens with one attached hydrogen (secondary N) is 1. The standard InChI is InChI=1S/C21H33N7O/c1-14(2)17-12-16(25-28(17)21(3,4)5)20(29)26-9-6-15(7-10-26)19-24-23-18-13-22-8-11-27(18)19/h12,14-15,22H,6-11,13H2,1-5H3. The Bertz CT molecular complexity index is 881. The lowest BCUT2D eigenvalue weighted by atomic mass is 9.95. The van der Waals surface area contributed by atoms with Gasteiger partial charge in [0.05, 0.1) is 12.1 Å². The molecule has 8 heteroatoms. The van der Waals surface area contributed by atoms with Crippen molar-refractivity contribution >= 4 is 5.91 Å². The SMILES string of the molecule is CC(C)c1cc(C(=O)N2CCC(c3nnc4n3CCNC4)CC2)nn1C(C)(C)C. The molecule has 29 heavy (non-hydrogen) atoms. The van der Waals surface area contributed by atoms with E-state index in [2.05, 4.69) is 54.7 Å². The van der Waals surface area contributed by atoms with Gasteiger partial charge in [-0.3, -0.25) is 9.48 Å². The van der Waals surface area contributed by atoms with E-state index in [0.29, 0.717) is 17.5 Å². The molecule has 0 aromatic carbocycles. The lowest BCUT2D eigenvalue weighted by Crippen LogP contribution is -2.39. The maximum absolute atomic E-state index is 13.1. The highest BCUT2D eigenvalue weighted by molar-refractivity contribution is 5.92. The maximum Gasteiger partial charge on any atom is 0.274 e. The minimum atomic E-state index is -0.146. The van der Waals surface area contributed by atoms with Crippen LogP contribution >= 0.6 is 0 Å². The van der Waals surface area contributed by atoms with Gasteiger partial charge in [-0.1, -0.05) is 13.8 Å². The van der Waals surface area contributed by atoms with Crippen LogP contribution in [0.25, 0.3) is 0 Å². The van der Waals surface area contributed by atoms with Gasteiger partial charge >= 0.3 is 0 Å². The Hall–Kier alpha value is -2.22. The lowest BCUT2D eigenvalue weighted by Gasteiger charge is -2.31. The third kappa shape index (κ3) is 3.82. The van der Waals surface area contributed by atoms with Gasteiger partial charge in [0.1, 0.15) is 11.6 Å². The Kier molecular flexibility index (Phi) is 5.23. The minimum Gasteiger partial charge on any atom is -0.337 e. The lowest BCUT2D eigenvalue weighted by molar-refractivity contribution is 0.0702. The molecule has 1 saturated heterocycles. The molecule has 2 aliphatic rings. The van der Waals surface area contributed by atoms with Gasteiger partial charge in [-0.15, -0.1) is 10.2 Å². The second-order valence-corrected chi connectivity index (χ2v) is 9.56. The molecular formula is C21H33N7O. The van der Waals surface area contributed by atoms with E-state index in [1.54, 1.807) is 0 Å². The predicted octanol–water partition coefficient (Wildman–Crippen LogP) is 2.48. The van der Waals surface area contributed by atoms with Gasteiger partial charge in [0.25, 0.3) is 5.91 Å². The summed E-state index contributed by atoms with van der Waals surface area (Å²) < 4.78 is 4.27. The molecule has 8 nitrogen and oxygen atoms in total. The first-order valence-electron chi connectivity index (χ1n) is 10.8. The van der Waals surface area contributed by atoms with Crippen LogP contribution in [0, 0.1) is 0 Å². The normalized spacial score (nSPS) is 18.3. The summed E-state index contributed by atoms with van der Waals surface area (Å²) in [7, 11) is 0. The summed E-state index contributed by atoms with van der Waals surface area (Å²) in [5.74, 6) is 2.85. The highest BCUT2D eigenvalue weighted by Gasteiger charge is 2.31. The van der Waals surface area contributed by atoms with Gasteiger partial charge in [-0.25, -0.2) is 0 Å². The first-order valence-corrected chi connectivity index (χ1v) is 10.8. The Labute approximate surface area is 172 Å². The van der Waals surface area contributed by atoms with Crippen LogP contribution in [0.4, 0.5) is 0 Å². The molecule has 2 aliphatic heterocycles. The second-order valence-electron chi connectivity index (χ2n) is 9.56. The summed E-state index contributed by atoms with van der Waals surface area (Å²) in [6, 6.07) is 1.98. The first-order chi connectivity index (χ1) is 13.8. The summed E-state index contributed by atoms with van der Waals surface area (Å²) >= 11 is 0. The fraction of sp³-hybridized carbons (Fsp3) is 0.714. The molecule has 4 rings (SSSR count). The third-order valence-electron chi connectivity index (χ3n) is 5.98. The van der Waals surface area contributed by atoms with Crippen molar-refractivity contribution < 1.29 is 4.79 Å². The quantitative estimate of drug-likeness (QED) is 0.858. The number of amides is 1. The van der Waals surface area contributed by atoms with Gasteiger partial charge in [0.15, 0.2) is 5.69 Å². The number of nitrogens with zero attached hydrogens (tertiary/aromatic N) is 6. The summed E-state index contributed by atoms with van der Waals surface area (Å²) in [4.78, 5) is 15.1. The van der Waals surface area contributed by atoms with E-state index >= 15 is 0 Å². The minimum absolute atomic E-state index is 0.0424. The van der Waals surface area contributed by atoms with Gasteiger partial charge in [0, 0.05) is 37.8 Å².